The molecule has 11 heteroatoms. The Balaban J connectivity index is 1.36. The number of pyridine rings is 2. The molecule has 0 saturated heterocycles. The molecule has 2 N–H and O–H groups in total. The third-order valence-electron chi connectivity index (χ3n) is 5.38. The van der Waals surface area contributed by atoms with E-state index in [1.165, 1.54) is 19.2 Å². The number of hydrogen-bond acceptors (Lipinski definition) is 7. The fraction of sp³-hybridized carbons (Fsp3) is 0.0385. The fourth-order valence-electron chi connectivity index (χ4n) is 3.57. The van der Waals surface area contributed by atoms with Gasteiger partial charge in [0.15, 0.2) is 5.75 Å². The number of benzene rings is 2. The van der Waals surface area contributed by atoms with Gasteiger partial charge in [0.25, 0.3) is 11.5 Å². The van der Waals surface area contributed by atoms with Crippen LogP contribution in [0.2, 0.25) is 0 Å². The molecule has 37 heavy (non-hydrogen) atoms. The molecule has 0 radical (unpaired) electrons. The first-order chi connectivity index (χ1) is 17.9. The number of nitrogens with one attached hydrogen (secondary N) is 2. The Morgan fingerprint density at radius 1 is 1.00 bits per heavy atom. The predicted octanol–water partition coefficient (Wildman–Crippen LogP) is 3.66. The molecule has 3 aromatic heterocycles. The number of rotatable bonds is 6. The summed E-state index contributed by atoms with van der Waals surface area (Å²) in [4.78, 5) is 48.9. The number of H-pyrrole nitrogens is 1. The third-order valence-corrected chi connectivity index (χ3v) is 5.38. The minimum Gasteiger partial charge on any atom is -0.481 e. The van der Waals surface area contributed by atoms with Gasteiger partial charge in [0, 0.05) is 30.2 Å². The van der Waals surface area contributed by atoms with Crippen molar-refractivity contribution in [1.82, 2.24) is 19.5 Å². The molecule has 0 aliphatic rings. The number of fused-ring (bicyclic) bond motifs is 1. The number of carbonyl (C=O) groups excluding carboxylic acids is 1. The molecule has 0 unspecified atom stereocenters. The van der Waals surface area contributed by atoms with Gasteiger partial charge in [-0.15, -0.1) is 0 Å². The number of hydrogen-bond donors (Lipinski definition) is 2. The number of nitrogens with zero attached hydrogens (tertiary/aromatic N) is 3. The number of methoxy groups -OCH3 is 1. The molecule has 0 atom stereocenters. The van der Waals surface area contributed by atoms with Crippen LogP contribution in [0.5, 0.6) is 17.4 Å². The Kier molecular flexibility index (Phi) is 6.17. The maximum atomic E-state index is 13.2. The van der Waals surface area contributed by atoms with Crippen LogP contribution in [0.25, 0.3) is 16.7 Å². The van der Waals surface area contributed by atoms with E-state index < -0.39 is 23.0 Å². The topological polar surface area (TPSA) is 128 Å². The van der Waals surface area contributed by atoms with E-state index in [2.05, 4.69) is 20.3 Å². The molecule has 1 amide bonds. The molecule has 10 nitrogen and oxygen atoms in total. The van der Waals surface area contributed by atoms with Crippen molar-refractivity contribution in [1.29, 1.82) is 0 Å². The van der Waals surface area contributed by atoms with E-state index in [4.69, 9.17) is 9.47 Å². The Labute approximate surface area is 208 Å². The summed E-state index contributed by atoms with van der Waals surface area (Å²) >= 11 is 0. The van der Waals surface area contributed by atoms with Crippen molar-refractivity contribution in [2.45, 2.75) is 0 Å². The molecule has 2 aromatic carbocycles. The highest BCUT2D eigenvalue weighted by atomic mass is 19.1. The Hall–Kier alpha value is -5.32. The normalized spacial score (nSPS) is 10.8. The Morgan fingerprint density at radius 2 is 1.76 bits per heavy atom. The highest BCUT2D eigenvalue weighted by molar-refractivity contribution is 6.03. The molecule has 0 spiro atoms. The largest absolute Gasteiger partial charge is 0.481 e. The SMILES string of the molecule is COc1ccc2nccc(Oc3ccc(NC(=O)c4c[nH]c(=O)n(-c5ccc(F)cc5)c4=O)cc3)c2n1. The Morgan fingerprint density at radius 3 is 2.49 bits per heavy atom. The molecule has 0 aliphatic heterocycles. The van der Waals surface area contributed by atoms with Crippen LogP contribution in [-0.2, 0) is 0 Å². The lowest BCUT2D eigenvalue weighted by molar-refractivity contribution is 0.102. The number of aromatic amines is 1. The second kappa shape index (κ2) is 9.74. The number of carbonyl (C=O) groups is 1. The molecule has 0 bridgehead atoms. The summed E-state index contributed by atoms with van der Waals surface area (Å²) in [5.74, 6) is 0.0992. The lowest BCUT2D eigenvalue weighted by Crippen LogP contribution is -2.38. The summed E-state index contributed by atoms with van der Waals surface area (Å²) in [7, 11) is 1.52. The highest BCUT2D eigenvalue weighted by Gasteiger charge is 2.16. The number of amides is 1. The first kappa shape index (κ1) is 23.4. The van der Waals surface area contributed by atoms with Crippen molar-refractivity contribution in [2.75, 3.05) is 12.4 Å². The quantitative estimate of drug-likeness (QED) is 0.365. The van der Waals surface area contributed by atoms with Gasteiger partial charge in [-0.2, -0.15) is 0 Å². The molecule has 5 aromatic rings. The first-order valence-corrected chi connectivity index (χ1v) is 10.9. The lowest BCUT2D eigenvalue weighted by Gasteiger charge is -2.10. The van der Waals surface area contributed by atoms with Gasteiger partial charge in [-0.1, -0.05) is 0 Å². The van der Waals surface area contributed by atoms with Crippen molar-refractivity contribution in [2.24, 2.45) is 0 Å². The predicted molar refractivity (Wildman–Crippen MR) is 133 cm³/mol. The van der Waals surface area contributed by atoms with E-state index in [-0.39, 0.29) is 11.3 Å². The van der Waals surface area contributed by atoms with Gasteiger partial charge < -0.3 is 19.8 Å². The molecular weight excluding hydrogens is 481 g/mol. The molecule has 5 rings (SSSR count). The minimum atomic E-state index is -0.847. The van der Waals surface area contributed by atoms with E-state index >= 15 is 0 Å². The van der Waals surface area contributed by atoms with Crippen molar-refractivity contribution < 1.29 is 18.7 Å². The fourth-order valence-corrected chi connectivity index (χ4v) is 3.57. The monoisotopic (exact) mass is 499 g/mol. The molecule has 184 valence electrons. The van der Waals surface area contributed by atoms with Crippen molar-refractivity contribution in [3.05, 3.63) is 111 Å². The average molecular weight is 499 g/mol. The van der Waals surface area contributed by atoms with Gasteiger partial charge in [0.2, 0.25) is 5.88 Å². The van der Waals surface area contributed by atoms with E-state index in [0.717, 1.165) is 22.9 Å². The standard InChI is InChI=1S/C26H18FN5O5/c1-36-22-11-10-20-23(31-22)21(12-13-28-20)37-18-8-4-16(5-9-18)30-24(33)19-14-29-26(35)32(25(19)34)17-6-2-15(27)3-7-17/h2-14H,1H3,(H,29,35)(H,30,33). The maximum Gasteiger partial charge on any atom is 0.333 e. The van der Waals surface area contributed by atoms with E-state index in [0.29, 0.717) is 34.1 Å². The maximum absolute atomic E-state index is 13.2. The van der Waals surface area contributed by atoms with Crippen molar-refractivity contribution >= 4 is 22.6 Å². The summed E-state index contributed by atoms with van der Waals surface area (Å²) in [5, 5.41) is 2.61. The molecule has 0 saturated carbocycles. The zero-order valence-electron chi connectivity index (χ0n) is 19.3. The van der Waals surface area contributed by atoms with Crippen LogP contribution < -0.4 is 26.0 Å². The van der Waals surface area contributed by atoms with Crippen LogP contribution in [-0.4, -0.2) is 32.5 Å². The van der Waals surface area contributed by atoms with Crippen LogP contribution >= 0.6 is 0 Å². The second-order valence-electron chi connectivity index (χ2n) is 7.74. The minimum absolute atomic E-state index is 0.125. The number of aromatic nitrogens is 4. The first-order valence-electron chi connectivity index (χ1n) is 10.9. The van der Waals surface area contributed by atoms with Gasteiger partial charge in [-0.3, -0.25) is 14.6 Å². The zero-order valence-corrected chi connectivity index (χ0v) is 19.3. The number of anilines is 1. The highest BCUT2D eigenvalue weighted by Crippen LogP contribution is 2.29. The molecule has 0 aliphatic carbocycles. The van der Waals surface area contributed by atoms with E-state index in [1.807, 2.05) is 0 Å². The van der Waals surface area contributed by atoms with Crippen molar-refractivity contribution in [3.8, 4) is 23.1 Å². The summed E-state index contributed by atoms with van der Waals surface area (Å²) < 4.78 is 25.1. The summed E-state index contributed by atoms with van der Waals surface area (Å²) in [6, 6.07) is 16.3. The summed E-state index contributed by atoms with van der Waals surface area (Å²) in [6.45, 7) is 0. The average Bonchev–Trinajstić information content (AvgIpc) is 2.91. The number of ether oxygens (including phenoxy) is 2. The summed E-state index contributed by atoms with van der Waals surface area (Å²) in [6.07, 6.45) is 2.64. The van der Waals surface area contributed by atoms with Crippen molar-refractivity contribution in [3.63, 3.8) is 0 Å². The van der Waals surface area contributed by atoms with E-state index in [9.17, 15) is 18.8 Å². The van der Waals surface area contributed by atoms with Crippen LogP contribution in [0.15, 0.2) is 88.7 Å². The van der Waals surface area contributed by atoms with Gasteiger partial charge in [-0.05, 0) is 54.6 Å². The van der Waals surface area contributed by atoms with E-state index in [1.54, 1.807) is 48.7 Å². The number of halogens is 1. The summed E-state index contributed by atoms with van der Waals surface area (Å²) in [5.41, 5.74) is -0.238. The van der Waals surface area contributed by atoms with Gasteiger partial charge >= 0.3 is 5.69 Å². The molecule has 0 fully saturated rings. The van der Waals surface area contributed by atoms with Gasteiger partial charge in [0.1, 0.15) is 22.6 Å². The second-order valence-corrected chi connectivity index (χ2v) is 7.74. The third kappa shape index (κ3) is 4.78. The van der Waals surface area contributed by atoms with Gasteiger partial charge in [0.05, 0.1) is 18.3 Å². The lowest BCUT2D eigenvalue weighted by atomic mass is 10.2. The smallest absolute Gasteiger partial charge is 0.333 e. The van der Waals surface area contributed by atoms with Crippen LogP contribution in [0.1, 0.15) is 10.4 Å². The van der Waals surface area contributed by atoms with Crippen LogP contribution in [0.4, 0.5) is 10.1 Å². The molecule has 3 heterocycles. The molecular formula is C26H18FN5O5. The van der Waals surface area contributed by atoms with Crippen LogP contribution in [0.3, 0.4) is 0 Å². The zero-order chi connectivity index (χ0) is 25.9. The Bertz CT molecular complexity index is 1730. The van der Waals surface area contributed by atoms with Crippen LogP contribution in [0, 0.1) is 5.82 Å². The van der Waals surface area contributed by atoms with Gasteiger partial charge in [-0.25, -0.2) is 18.7 Å².